The van der Waals surface area contributed by atoms with Crippen molar-refractivity contribution in [1.82, 2.24) is 29.7 Å². The number of imidazole rings is 1. The van der Waals surface area contributed by atoms with E-state index < -0.39 is 0 Å². The molecule has 3 aromatic heterocycles. The highest BCUT2D eigenvalue weighted by Crippen LogP contribution is 2.27. The summed E-state index contributed by atoms with van der Waals surface area (Å²) in [6.45, 7) is 2.90. The quantitative estimate of drug-likeness (QED) is 0.489. The first-order valence-electron chi connectivity index (χ1n) is 9.25. The van der Waals surface area contributed by atoms with E-state index in [0.29, 0.717) is 29.2 Å². The van der Waals surface area contributed by atoms with Gasteiger partial charge in [-0.3, -0.25) is 4.57 Å². The molecular weight excluding hydrogens is 370 g/mol. The first-order chi connectivity index (χ1) is 14.3. The summed E-state index contributed by atoms with van der Waals surface area (Å²) in [4.78, 5) is 13.6. The van der Waals surface area contributed by atoms with Gasteiger partial charge in [0.2, 0.25) is 0 Å². The lowest BCUT2D eigenvalue weighted by molar-refractivity contribution is 0.0812. The highest BCUT2D eigenvalue weighted by atomic mass is 16.5. The van der Waals surface area contributed by atoms with Gasteiger partial charge in [-0.05, 0) is 19.1 Å². The fourth-order valence-electron chi connectivity index (χ4n) is 3.00. The van der Waals surface area contributed by atoms with Crippen LogP contribution in [0.4, 0.5) is 5.82 Å². The zero-order chi connectivity index (χ0) is 20.1. The van der Waals surface area contributed by atoms with E-state index in [1.165, 1.54) is 0 Å². The van der Waals surface area contributed by atoms with Gasteiger partial charge < -0.3 is 14.8 Å². The third kappa shape index (κ3) is 3.99. The summed E-state index contributed by atoms with van der Waals surface area (Å²) in [6.07, 6.45) is 2.94. The summed E-state index contributed by atoms with van der Waals surface area (Å²) in [5, 5.41) is 11.1. The minimum Gasteiger partial charge on any atom is -0.457 e. The molecule has 0 spiro atoms. The highest BCUT2D eigenvalue weighted by molar-refractivity contribution is 5.83. The van der Waals surface area contributed by atoms with Crippen LogP contribution in [0.3, 0.4) is 0 Å². The number of ether oxygens (including phenoxy) is 2. The fourth-order valence-corrected chi connectivity index (χ4v) is 3.00. The number of nitrogens with one attached hydrogen (secondary N) is 1. The Kier molecular flexibility index (Phi) is 5.57. The van der Waals surface area contributed by atoms with Crippen molar-refractivity contribution >= 4 is 17.0 Å². The summed E-state index contributed by atoms with van der Waals surface area (Å²) >= 11 is 0. The van der Waals surface area contributed by atoms with Crippen molar-refractivity contribution in [2.45, 2.75) is 19.8 Å². The van der Waals surface area contributed by atoms with Crippen LogP contribution in [0.2, 0.25) is 0 Å². The Morgan fingerprint density at radius 1 is 1.10 bits per heavy atom. The number of anilines is 1. The second-order valence-electron chi connectivity index (χ2n) is 6.21. The molecule has 0 saturated heterocycles. The van der Waals surface area contributed by atoms with Gasteiger partial charge >= 0.3 is 6.01 Å². The molecule has 3 heterocycles. The van der Waals surface area contributed by atoms with Gasteiger partial charge in [-0.1, -0.05) is 30.3 Å². The molecule has 4 aromatic rings. The van der Waals surface area contributed by atoms with E-state index in [1.807, 2.05) is 47.9 Å². The molecule has 0 bridgehead atoms. The van der Waals surface area contributed by atoms with Gasteiger partial charge in [0.05, 0.1) is 6.33 Å². The second kappa shape index (κ2) is 8.61. The largest absolute Gasteiger partial charge is 0.457 e. The van der Waals surface area contributed by atoms with Gasteiger partial charge in [0.25, 0.3) is 0 Å². The van der Waals surface area contributed by atoms with Crippen LogP contribution >= 0.6 is 0 Å². The van der Waals surface area contributed by atoms with Crippen LogP contribution in [0, 0.1) is 0 Å². The van der Waals surface area contributed by atoms with E-state index >= 15 is 0 Å². The summed E-state index contributed by atoms with van der Waals surface area (Å²) in [5.41, 5.74) is 2.94. The smallest absolute Gasteiger partial charge is 0.320 e. The van der Waals surface area contributed by atoms with Crippen molar-refractivity contribution in [3.63, 3.8) is 0 Å². The van der Waals surface area contributed by atoms with Crippen molar-refractivity contribution in [3.8, 4) is 6.01 Å². The molecule has 29 heavy (non-hydrogen) atoms. The van der Waals surface area contributed by atoms with Crippen molar-refractivity contribution in [2.24, 2.45) is 0 Å². The summed E-state index contributed by atoms with van der Waals surface area (Å²) in [6, 6.07) is 13.8. The summed E-state index contributed by atoms with van der Waals surface area (Å²) in [7, 11) is 1.65. The van der Waals surface area contributed by atoms with Crippen molar-refractivity contribution < 1.29 is 9.47 Å². The topological polar surface area (TPSA) is 99.9 Å². The van der Waals surface area contributed by atoms with Crippen LogP contribution in [0.25, 0.3) is 11.2 Å². The number of hydrogen-bond acceptors (Lipinski definition) is 8. The maximum absolute atomic E-state index is 5.78. The molecule has 4 rings (SSSR count). The average Bonchev–Trinajstić information content (AvgIpc) is 3.19. The predicted molar refractivity (Wildman–Crippen MR) is 107 cm³/mol. The third-order valence-electron chi connectivity index (χ3n) is 4.28. The normalized spacial score (nSPS) is 12.1. The van der Waals surface area contributed by atoms with Crippen LogP contribution in [0.1, 0.15) is 24.4 Å². The van der Waals surface area contributed by atoms with Crippen LogP contribution < -0.4 is 10.1 Å². The van der Waals surface area contributed by atoms with Crippen molar-refractivity contribution in [1.29, 1.82) is 0 Å². The predicted octanol–water partition coefficient (Wildman–Crippen LogP) is 2.82. The number of aromatic nitrogens is 6. The SMILES string of the molecule is CCNc1nc(OCc2cccnn2)nc2c1ncn2C(OC)c1ccccc1. The van der Waals surface area contributed by atoms with Crippen molar-refractivity contribution in [3.05, 3.63) is 66.2 Å². The Morgan fingerprint density at radius 3 is 2.69 bits per heavy atom. The first kappa shape index (κ1) is 18.8. The highest BCUT2D eigenvalue weighted by Gasteiger charge is 2.20. The van der Waals surface area contributed by atoms with Crippen LogP contribution in [0.15, 0.2) is 55.0 Å². The van der Waals surface area contributed by atoms with Crippen LogP contribution in [-0.2, 0) is 11.3 Å². The third-order valence-corrected chi connectivity index (χ3v) is 4.28. The molecule has 0 fully saturated rings. The monoisotopic (exact) mass is 391 g/mol. The van der Waals surface area contributed by atoms with Gasteiger partial charge in [-0.25, -0.2) is 4.98 Å². The molecule has 0 radical (unpaired) electrons. The van der Waals surface area contributed by atoms with Gasteiger partial charge in [-0.2, -0.15) is 20.2 Å². The number of hydrogen-bond donors (Lipinski definition) is 1. The van der Waals surface area contributed by atoms with E-state index in [4.69, 9.17) is 9.47 Å². The summed E-state index contributed by atoms with van der Waals surface area (Å²) < 4.78 is 13.4. The Balaban J connectivity index is 1.73. The Bertz CT molecular complexity index is 1070. The van der Waals surface area contributed by atoms with Gasteiger partial charge in [-0.15, -0.1) is 0 Å². The molecular formula is C20H21N7O2. The molecule has 0 aliphatic carbocycles. The van der Waals surface area contributed by atoms with E-state index in [2.05, 4.69) is 30.5 Å². The minimum absolute atomic E-state index is 0.214. The minimum atomic E-state index is -0.376. The van der Waals surface area contributed by atoms with Gasteiger partial charge in [0.15, 0.2) is 23.2 Å². The number of fused-ring (bicyclic) bond motifs is 1. The average molecular weight is 391 g/mol. The van der Waals surface area contributed by atoms with E-state index in [-0.39, 0.29) is 18.8 Å². The molecule has 1 atom stereocenters. The molecule has 148 valence electrons. The second-order valence-corrected chi connectivity index (χ2v) is 6.21. The van der Waals surface area contributed by atoms with E-state index in [1.54, 1.807) is 25.7 Å². The van der Waals surface area contributed by atoms with E-state index in [9.17, 15) is 0 Å². The standard InChI is InChI=1S/C20H21N7O2/c1-3-21-17-16-18(25-20(24-17)29-12-15-10-7-11-23-26-15)27(13-22-16)19(28-2)14-8-5-4-6-9-14/h4-11,13,19H,3,12H2,1-2H3,(H,21,24,25). The zero-order valence-corrected chi connectivity index (χ0v) is 16.2. The lowest BCUT2D eigenvalue weighted by atomic mass is 10.2. The molecule has 0 saturated carbocycles. The molecule has 9 nitrogen and oxygen atoms in total. The Morgan fingerprint density at radius 2 is 1.97 bits per heavy atom. The van der Waals surface area contributed by atoms with Gasteiger partial charge in [0, 0.05) is 25.4 Å². The molecule has 9 heteroatoms. The Hall–Kier alpha value is -3.59. The maximum atomic E-state index is 5.78. The zero-order valence-electron chi connectivity index (χ0n) is 16.2. The molecule has 1 N–H and O–H groups in total. The lowest BCUT2D eigenvalue weighted by Crippen LogP contribution is -2.13. The molecule has 1 unspecified atom stereocenters. The Labute approximate surface area is 167 Å². The van der Waals surface area contributed by atoms with Gasteiger partial charge in [0.1, 0.15) is 12.3 Å². The molecule has 0 aliphatic heterocycles. The lowest BCUT2D eigenvalue weighted by Gasteiger charge is -2.18. The first-order valence-corrected chi connectivity index (χ1v) is 9.25. The number of methoxy groups -OCH3 is 1. The van der Waals surface area contributed by atoms with Crippen LogP contribution in [0.5, 0.6) is 6.01 Å². The van der Waals surface area contributed by atoms with E-state index in [0.717, 1.165) is 5.56 Å². The molecule has 1 aromatic carbocycles. The number of rotatable bonds is 8. The number of nitrogens with zero attached hydrogens (tertiary/aromatic N) is 6. The summed E-state index contributed by atoms with van der Waals surface area (Å²) in [5.74, 6) is 0.605. The molecule has 0 aliphatic rings. The fraction of sp³-hybridized carbons (Fsp3) is 0.250. The molecule has 0 amide bonds. The maximum Gasteiger partial charge on any atom is 0.320 e. The van der Waals surface area contributed by atoms with Crippen LogP contribution in [-0.4, -0.2) is 43.4 Å². The number of benzene rings is 1. The van der Waals surface area contributed by atoms with Crippen molar-refractivity contribution in [2.75, 3.05) is 19.0 Å².